The molecule has 1 amide bonds. The molecule has 0 radical (unpaired) electrons. The van der Waals surface area contributed by atoms with Gasteiger partial charge in [0.15, 0.2) is 5.78 Å². The first-order valence-corrected chi connectivity index (χ1v) is 11.8. The number of carbonyl (C=O) groups excluding carboxylic acids is 2. The zero-order chi connectivity index (χ0) is 21.6. The lowest BCUT2D eigenvalue weighted by atomic mass is 9.90. The molecule has 160 valence electrons. The van der Waals surface area contributed by atoms with Crippen LogP contribution in [0.25, 0.3) is 0 Å². The van der Waals surface area contributed by atoms with Crippen LogP contribution in [0.2, 0.25) is 0 Å². The first-order chi connectivity index (χ1) is 14.3. The molecule has 0 unspecified atom stereocenters. The summed E-state index contributed by atoms with van der Waals surface area (Å²) in [5, 5.41) is 0. The standard InChI is InChI=1S/C23H28N2O4S/c1-18(26)21-7-9-22(10-8-21)30(28,29)24-14-11-23(27)25-15-12-20(13-16-25)17-19-5-3-2-4-6-19/h2-10,20,24H,11-17H2,1H3. The van der Waals surface area contributed by atoms with E-state index in [-0.39, 0.29) is 29.6 Å². The summed E-state index contributed by atoms with van der Waals surface area (Å²) in [6.45, 7) is 2.92. The van der Waals surface area contributed by atoms with E-state index in [0.717, 1.165) is 32.4 Å². The van der Waals surface area contributed by atoms with Crippen molar-refractivity contribution in [3.8, 4) is 0 Å². The van der Waals surface area contributed by atoms with Gasteiger partial charge in [0.25, 0.3) is 0 Å². The highest BCUT2D eigenvalue weighted by Gasteiger charge is 2.23. The number of nitrogens with zero attached hydrogens (tertiary/aromatic N) is 1. The Hall–Kier alpha value is -2.51. The summed E-state index contributed by atoms with van der Waals surface area (Å²) in [7, 11) is -3.70. The molecule has 1 fully saturated rings. The molecule has 3 rings (SSSR count). The Balaban J connectivity index is 1.43. The molecular formula is C23H28N2O4S. The summed E-state index contributed by atoms with van der Waals surface area (Å²) in [5.41, 5.74) is 1.79. The number of sulfonamides is 1. The summed E-state index contributed by atoms with van der Waals surface area (Å²) < 4.78 is 27.2. The molecule has 0 atom stereocenters. The largest absolute Gasteiger partial charge is 0.343 e. The normalized spacial score (nSPS) is 15.2. The van der Waals surface area contributed by atoms with Crippen LogP contribution in [0.15, 0.2) is 59.5 Å². The summed E-state index contributed by atoms with van der Waals surface area (Å²) in [4.78, 5) is 25.7. The number of ketones is 1. The van der Waals surface area contributed by atoms with E-state index >= 15 is 0 Å². The van der Waals surface area contributed by atoms with Crippen molar-refractivity contribution in [2.45, 2.75) is 37.5 Å². The minimum atomic E-state index is -3.70. The van der Waals surface area contributed by atoms with Crippen LogP contribution in [0.3, 0.4) is 0 Å². The molecule has 1 aliphatic heterocycles. The van der Waals surface area contributed by atoms with E-state index in [0.29, 0.717) is 11.5 Å². The monoisotopic (exact) mass is 428 g/mol. The number of amides is 1. The molecule has 30 heavy (non-hydrogen) atoms. The lowest BCUT2D eigenvalue weighted by Gasteiger charge is -2.32. The highest BCUT2D eigenvalue weighted by molar-refractivity contribution is 7.89. The van der Waals surface area contributed by atoms with Gasteiger partial charge in [-0.1, -0.05) is 42.5 Å². The minimum Gasteiger partial charge on any atom is -0.343 e. The third kappa shape index (κ3) is 6.00. The summed E-state index contributed by atoms with van der Waals surface area (Å²) in [6.07, 6.45) is 3.10. The fourth-order valence-corrected chi connectivity index (χ4v) is 4.77. The van der Waals surface area contributed by atoms with Crippen molar-refractivity contribution in [2.24, 2.45) is 5.92 Å². The summed E-state index contributed by atoms with van der Waals surface area (Å²) in [6, 6.07) is 16.2. The lowest BCUT2D eigenvalue weighted by molar-refractivity contribution is -0.132. The van der Waals surface area contributed by atoms with Gasteiger partial charge in [-0.25, -0.2) is 13.1 Å². The molecule has 0 bridgehead atoms. The topological polar surface area (TPSA) is 83.5 Å². The lowest BCUT2D eigenvalue weighted by Crippen LogP contribution is -2.40. The third-order valence-electron chi connectivity index (χ3n) is 5.54. The Kier molecular flexibility index (Phi) is 7.39. The number of benzene rings is 2. The maximum atomic E-state index is 12.5. The van der Waals surface area contributed by atoms with Crippen LogP contribution in [0.4, 0.5) is 0 Å². The quantitative estimate of drug-likeness (QED) is 0.655. The van der Waals surface area contributed by atoms with Gasteiger partial charge < -0.3 is 4.90 Å². The maximum Gasteiger partial charge on any atom is 0.240 e. The second kappa shape index (κ2) is 10.00. The zero-order valence-electron chi connectivity index (χ0n) is 17.2. The van der Waals surface area contributed by atoms with E-state index in [9.17, 15) is 18.0 Å². The Morgan fingerprint density at radius 2 is 1.63 bits per heavy atom. The van der Waals surface area contributed by atoms with Crippen molar-refractivity contribution in [3.05, 3.63) is 65.7 Å². The second-order valence-electron chi connectivity index (χ2n) is 7.74. The van der Waals surface area contributed by atoms with Crippen LogP contribution >= 0.6 is 0 Å². The molecule has 0 aliphatic carbocycles. The van der Waals surface area contributed by atoms with Gasteiger partial charge in [0.1, 0.15) is 0 Å². The Bertz CT molecular complexity index is 964. The van der Waals surface area contributed by atoms with Crippen molar-refractivity contribution >= 4 is 21.7 Å². The van der Waals surface area contributed by atoms with E-state index < -0.39 is 10.0 Å². The Morgan fingerprint density at radius 1 is 1.00 bits per heavy atom. The molecular weight excluding hydrogens is 400 g/mol. The maximum absolute atomic E-state index is 12.5. The van der Waals surface area contributed by atoms with Crippen molar-refractivity contribution in [1.82, 2.24) is 9.62 Å². The van der Waals surface area contributed by atoms with E-state index in [2.05, 4.69) is 16.9 Å². The molecule has 2 aromatic rings. The Labute approximate surface area is 178 Å². The van der Waals surface area contributed by atoms with E-state index in [1.807, 2.05) is 23.1 Å². The van der Waals surface area contributed by atoms with Gasteiger partial charge in [-0.3, -0.25) is 9.59 Å². The van der Waals surface area contributed by atoms with Crippen LogP contribution in [0, 0.1) is 5.92 Å². The molecule has 2 aromatic carbocycles. The fourth-order valence-electron chi connectivity index (χ4n) is 3.74. The van der Waals surface area contributed by atoms with Gasteiger partial charge in [-0.05, 0) is 49.8 Å². The number of carbonyl (C=O) groups is 2. The number of piperidine rings is 1. The Morgan fingerprint density at radius 3 is 2.23 bits per heavy atom. The molecule has 0 spiro atoms. The average molecular weight is 429 g/mol. The van der Waals surface area contributed by atoms with Gasteiger partial charge in [0.2, 0.25) is 15.9 Å². The molecule has 7 heteroatoms. The predicted molar refractivity (Wildman–Crippen MR) is 116 cm³/mol. The molecule has 0 aromatic heterocycles. The van der Waals surface area contributed by atoms with E-state index in [4.69, 9.17) is 0 Å². The first kappa shape index (κ1) is 22.2. The number of likely N-dealkylation sites (tertiary alicyclic amines) is 1. The van der Waals surface area contributed by atoms with Gasteiger partial charge in [0, 0.05) is 31.6 Å². The predicted octanol–water partition coefficient (Wildman–Crippen LogP) is 3.04. The second-order valence-corrected chi connectivity index (χ2v) is 9.51. The smallest absolute Gasteiger partial charge is 0.240 e. The minimum absolute atomic E-state index is 0.0252. The van der Waals surface area contributed by atoms with Gasteiger partial charge in [0.05, 0.1) is 4.90 Å². The molecule has 1 aliphatic rings. The highest BCUT2D eigenvalue weighted by Crippen LogP contribution is 2.22. The third-order valence-corrected chi connectivity index (χ3v) is 7.01. The summed E-state index contributed by atoms with van der Waals surface area (Å²) >= 11 is 0. The van der Waals surface area contributed by atoms with Gasteiger partial charge in [-0.2, -0.15) is 0 Å². The number of hydrogen-bond donors (Lipinski definition) is 1. The van der Waals surface area contributed by atoms with Crippen molar-refractivity contribution in [2.75, 3.05) is 19.6 Å². The van der Waals surface area contributed by atoms with Gasteiger partial charge >= 0.3 is 0 Å². The van der Waals surface area contributed by atoms with Crippen LogP contribution in [-0.2, 0) is 21.2 Å². The van der Waals surface area contributed by atoms with Gasteiger partial charge in [-0.15, -0.1) is 0 Å². The number of Topliss-reactive ketones (excluding diaryl/α,β-unsaturated/α-hetero) is 1. The first-order valence-electron chi connectivity index (χ1n) is 10.3. The molecule has 1 heterocycles. The fraction of sp³-hybridized carbons (Fsp3) is 0.391. The molecule has 1 saturated heterocycles. The number of nitrogens with one attached hydrogen (secondary N) is 1. The zero-order valence-corrected chi connectivity index (χ0v) is 18.0. The number of hydrogen-bond acceptors (Lipinski definition) is 4. The SMILES string of the molecule is CC(=O)c1ccc(S(=O)(=O)NCCC(=O)N2CCC(Cc3ccccc3)CC2)cc1. The summed E-state index contributed by atoms with van der Waals surface area (Å²) in [5.74, 6) is 0.431. The van der Waals surface area contributed by atoms with Crippen molar-refractivity contribution in [3.63, 3.8) is 0 Å². The van der Waals surface area contributed by atoms with Crippen LogP contribution in [0.1, 0.15) is 42.1 Å². The average Bonchev–Trinajstić information content (AvgIpc) is 2.75. The van der Waals surface area contributed by atoms with E-state index in [1.165, 1.54) is 36.8 Å². The van der Waals surface area contributed by atoms with Crippen molar-refractivity contribution in [1.29, 1.82) is 0 Å². The molecule has 6 nitrogen and oxygen atoms in total. The van der Waals surface area contributed by atoms with Crippen LogP contribution in [-0.4, -0.2) is 44.6 Å². The number of rotatable bonds is 8. The highest BCUT2D eigenvalue weighted by atomic mass is 32.2. The molecule has 0 saturated carbocycles. The van der Waals surface area contributed by atoms with Crippen molar-refractivity contribution < 1.29 is 18.0 Å². The van der Waals surface area contributed by atoms with Crippen LogP contribution in [0.5, 0.6) is 0 Å². The molecule has 1 N–H and O–H groups in total. The van der Waals surface area contributed by atoms with Crippen LogP contribution < -0.4 is 4.72 Å². The van der Waals surface area contributed by atoms with E-state index in [1.54, 1.807) is 0 Å².